The van der Waals surface area contributed by atoms with Crippen molar-refractivity contribution in [2.75, 3.05) is 14.2 Å². The molecule has 2 unspecified atom stereocenters. The Morgan fingerprint density at radius 2 is 1.90 bits per heavy atom. The number of hydrogen-bond donors (Lipinski definition) is 0. The molecule has 2 heterocycles. The maximum absolute atomic E-state index is 12.4. The topological polar surface area (TPSA) is 29.5 Å². The van der Waals surface area contributed by atoms with Crippen molar-refractivity contribution < 1.29 is 9.53 Å². The molecular weight excluding hydrogens is 250 g/mol. The molecule has 2 saturated heterocycles. The summed E-state index contributed by atoms with van der Waals surface area (Å²) in [5.41, 5.74) is 1.96. The molecule has 2 bridgehead atoms. The number of ketones is 1. The van der Waals surface area contributed by atoms with E-state index in [1.807, 2.05) is 30.3 Å². The first-order valence-corrected chi connectivity index (χ1v) is 7.27. The summed E-state index contributed by atoms with van der Waals surface area (Å²) in [7, 11) is 3.82. The van der Waals surface area contributed by atoms with Gasteiger partial charge in [-0.2, -0.15) is 0 Å². The van der Waals surface area contributed by atoms with E-state index in [4.69, 9.17) is 4.74 Å². The van der Waals surface area contributed by atoms with Gasteiger partial charge >= 0.3 is 0 Å². The zero-order chi connectivity index (χ0) is 14.1. The predicted molar refractivity (Wildman–Crippen MR) is 79.2 cm³/mol. The molecular formula is C17H21NO2. The van der Waals surface area contributed by atoms with Crippen molar-refractivity contribution in [3.63, 3.8) is 0 Å². The van der Waals surface area contributed by atoms with Crippen molar-refractivity contribution in [2.24, 2.45) is 0 Å². The molecule has 0 saturated carbocycles. The summed E-state index contributed by atoms with van der Waals surface area (Å²) in [4.78, 5) is 14.9. The van der Waals surface area contributed by atoms with Crippen molar-refractivity contribution in [1.82, 2.24) is 4.90 Å². The number of para-hydroxylation sites is 1. The van der Waals surface area contributed by atoms with Gasteiger partial charge in [-0.1, -0.05) is 17.7 Å². The van der Waals surface area contributed by atoms with E-state index in [0.29, 0.717) is 23.4 Å². The molecule has 0 radical (unpaired) electrons. The summed E-state index contributed by atoms with van der Waals surface area (Å²) in [6, 6.07) is 8.70. The van der Waals surface area contributed by atoms with Crippen LogP contribution in [-0.4, -0.2) is 36.9 Å². The van der Waals surface area contributed by atoms with Gasteiger partial charge in [0, 0.05) is 12.1 Å². The molecule has 1 aromatic carbocycles. The van der Waals surface area contributed by atoms with Crippen LogP contribution in [0.15, 0.2) is 35.9 Å². The lowest BCUT2D eigenvalue weighted by Crippen LogP contribution is -2.37. The first kappa shape index (κ1) is 13.4. The summed E-state index contributed by atoms with van der Waals surface area (Å²) in [6.45, 7) is 0. The number of nitrogens with zero attached hydrogens (tertiary/aromatic N) is 1. The van der Waals surface area contributed by atoms with Gasteiger partial charge in [-0.3, -0.25) is 9.69 Å². The van der Waals surface area contributed by atoms with Gasteiger partial charge in [0.15, 0.2) is 5.78 Å². The van der Waals surface area contributed by atoms with Crippen molar-refractivity contribution in [1.29, 1.82) is 0 Å². The average Bonchev–Trinajstić information content (AvgIpc) is 2.68. The summed E-state index contributed by atoms with van der Waals surface area (Å²) in [5, 5.41) is 0. The fourth-order valence-electron chi connectivity index (χ4n) is 3.50. The van der Waals surface area contributed by atoms with Crippen LogP contribution < -0.4 is 4.74 Å². The zero-order valence-corrected chi connectivity index (χ0v) is 12.1. The van der Waals surface area contributed by atoms with Crippen molar-refractivity contribution in [2.45, 2.75) is 37.8 Å². The van der Waals surface area contributed by atoms with Crippen LogP contribution in [-0.2, 0) is 0 Å². The van der Waals surface area contributed by atoms with Crippen LogP contribution >= 0.6 is 0 Å². The average molecular weight is 271 g/mol. The number of methoxy groups -OCH3 is 1. The maximum Gasteiger partial charge on any atom is 0.189 e. The summed E-state index contributed by atoms with van der Waals surface area (Å²) in [5.74, 6) is 0.728. The third kappa shape index (κ3) is 2.38. The molecule has 2 fully saturated rings. The Balaban J connectivity index is 1.80. The highest BCUT2D eigenvalue weighted by atomic mass is 16.5. The van der Waals surface area contributed by atoms with Gasteiger partial charge in [0.1, 0.15) is 5.75 Å². The van der Waals surface area contributed by atoms with Gasteiger partial charge in [0.25, 0.3) is 0 Å². The molecule has 20 heavy (non-hydrogen) atoms. The van der Waals surface area contributed by atoms with Crippen molar-refractivity contribution >= 4 is 5.78 Å². The number of hydrogen-bond acceptors (Lipinski definition) is 3. The second-order valence-corrected chi connectivity index (χ2v) is 5.83. The Morgan fingerprint density at radius 3 is 2.55 bits per heavy atom. The summed E-state index contributed by atoms with van der Waals surface area (Å²) in [6.07, 6.45) is 6.45. The second-order valence-electron chi connectivity index (χ2n) is 5.83. The normalized spacial score (nSPS) is 25.6. The van der Waals surface area contributed by atoms with E-state index in [-0.39, 0.29) is 5.78 Å². The Hall–Kier alpha value is -1.61. The van der Waals surface area contributed by atoms with E-state index in [9.17, 15) is 4.79 Å². The van der Waals surface area contributed by atoms with Gasteiger partial charge in [0.2, 0.25) is 0 Å². The molecule has 3 rings (SSSR count). The first-order valence-electron chi connectivity index (χ1n) is 7.27. The first-order chi connectivity index (χ1) is 9.69. The van der Waals surface area contributed by atoms with E-state index in [0.717, 1.165) is 12.8 Å². The van der Waals surface area contributed by atoms with Gasteiger partial charge < -0.3 is 4.74 Å². The molecule has 0 amide bonds. The molecule has 2 atom stereocenters. The molecule has 3 heteroatoms. The zero-order valence-electron chi connectivity index (χ0n) is 12.1. The Bertz CT molecular complexity index is 534. The number of benzene rings is 1. The molecule has 0 N–H and O–H groups in total. The SMILES string of the molecule is COc1ccccc1C(=O)C=C1CC2CCC(C1)N2C. The molecule has 2 aliphatic rings. The molecule has 0 aromatic heterocycles. The minimum atomic E-state index is 0.0707. The molecule has 2 aliphatic heterocycles. The summed E-state index contributed by atoms with van der Waals surface area (Å²) < 4.78 is 5.27. The molecule has 0 aliphatic carbocycles. The van der Waals surface area contributed by atoms with Crippen molar-refractivity contribution in [3.8, 4) is 5.75 Å². The lowest BCUT2D eigenvalue weighted by Gasteiger charge is -2.32. The van der Waals surface area contributed by atoms with E-state index in [1.54, 1.807) is 7.11 Å². The number of carbonyl (C=O) groups is 1. The minimum absolute atomic E-state index is 0.0707. The van der Waals surface area contributed by atoms with Crippen LogP contribution in [0.1, 0.15) is 36.0 Å². The molecule has 106 valence electrons. The predicted octanol–water partition coefficient (Wildman–Crippen LogP) is 3.06. The highest BCUT2D eigenvalue weighted by Gasteiger charge is 2.35. The van der Waals surface area contributed by atoms with Gasteiger partial charge in [-0.25, -0.2) is 0 Å². The van der Waals surface area contributed by atoms with Gasteiger partial charge in [-0.15, -0.1) is 0 Å². The molecule has 1 aromatic rings. The van der Waals surface area contributed by atoms with Crippen LogP contribution in [0.4, 0.5) is 0 Å². The fourth-order valence-corrected chi connectivity index (χ4v) is 3.50. The lowest BCUT2D eigenvalue weighted by molar-refractivity contribution is 0.104. The van der Waals surface area contributed by atoms with Gasteiger partial charge in [0.05, 0.1) is 12.7 Å². The van der Waals surface area contributed by atoms with Crippen LogP contribution in [0.2, 0.25) is 0 Å². The Kier molecular flexibility index (Phi) is 3.62. The maximum atomic E-state index is 12.4. The Morgan fingerprint density at radius 1 is 1.25 bits per heavy atom. The van der Waals surface area contributed by atoms with E-state index in [2.05, 4.69) is 11.9 Å². The van der Waals surface area contributed by atoms with E-state index >= 15 is 0 Å². The monoisotopic (exact) mass is 271 g/mol. The Labute approximate surface area is 120 Å². The third-order valence-electron chi connectivity index (χ3n) is 4.69. The quantitative estimate of drug-likeness (QED) is 0.625. The number of fused-ring (bicyclic) bond motifs is 2. The number of rotatable bonds is 3. The van der Waals surface area contributed by atoms with E-state index in [1.165, 1.54) is 18.4 Å². The van der Waals surface area contributed by atoms with Crippen LogP contribution in [0.25, 0.3) is 0 Å². The fraction of sp³-hybridized carbons (Fsp3) is 0.471. The van der Waals surface area contributed by atoms with Crippen LogP contribution in [0.3, 0.4) is 0 Å². The van der Waals surface area contributed by atoms with Crippen molar-refractivity contribution in [3.05, 3.63) is 41.5 Å². The number of carbonyl (C=O) groups excluding carboxylic acids is 1. The number of allylic oxidation sites excluding steroid dienone is 1. The number of piperidine rings is 1. The minimum Gasteiger partial charge on any atom is -0.496 e. The molecule has 0 spiro atoms. The van der Waals surface area contributed by atoms with Crippen LogP contribution in [0.5, 0.6) is 5.75 Å². The third-order valence-corrected chi connectivity index (χ3v) is 4.69. The smallest absolute Gasteiger partial charge is 0.189 e. The molecule has 3 nitrogen and oxygen atoms in total. The van der Waals surface area contributed by atoms with Crippen LogP contribution in [0, 0.1) is 0 Å². The highest BCUT2D eigenvalue weighted by Crippen LogP contribution is 2.37. The van der Waals surface area contributed by atoms with E-state index < -0.39 is 0 Å². The van der Waals surface area contributed by atoms with Gasteiger partial charge in [-0.05, 0) is 50.9 Å². The second kappa shape index (κ2) is 5.41. The highest BCUT2D eigenvalue weighted by molar-refractivity contribution is 6.06. The number of ether oxygens (including phenoxy) is 1. The largest absolute Gasteiger partial charge is 0.496 e. The lowest BCUT2D eigenvalue weighted by atomic mass is 9.95. The standard InChI is InChI=1S/C17H21NO2/c1-18-13-7-8-14(18)10-12(9-13)11-16(19)15-5-3-4-6-17(15)20-2/h3-6,11,13-14H,7-10H2,1-2H3. The summed E-state index contributed by atoms with van der Waals surface area (Å²) >= 11 is 0.